The lowest BCUT2D eigenvalue weighted by atomic mass is 9.98. The molecule has 8 nitrogen and oxygen atoms in total. The Balaban J connectivity index is 1.58. The highest BCUT2D eigenvalue weighted by Gasteiger charge is 2.26. The van der Waals surface area contributed by atoms with Gasteiger partial charge in [0.25, 0.3) is 5.91 Å². The molecule has 31 heavy (non-hydrogen) atoms. The summed E-state index contributed by atoms with van der Waals surface area (Å²) in [5.74, 6) is -1.39. The maximum Gasteiger partial charge on any atom is 0.409 e. The highest BCUT2D eigenvalue weighted by molar-refractivity contribution is 6.14. The molecule has 0 spiro atoms. The maximum atomic E-state index is 12.8. The van der Waals surface area contributed by atoms with Crippen molar-refractivity contribution in [3.63, 3.8) is 0 Å². The minimum absolute atomic E-state index is 0.108. The Kier molecular flexibility index (Phi) is 7.37. The summed E-state index contributed by atoms with van der Waals surface area (Å²) in [7, 11) is 0. The van der Waals surface area contributed by atoms with Crippen molar-refractivity contribution < 1.29 is 28.7 Å². The zero-order valence-corrected chi connectivity index (χ0v) is 17.3. The largest absolute Gasteiger partial charge is 0.452 e. The molecule has 2 aromatic carbocycles. The number of piperazine rings is 1. The minimum atomic E-state index is -0.738. The van der Waals surface area contributed by atoms with E-state index >= 15 is 0 Å². The fourth-order valence-corrected chi connectivity index (χ4v) is 3.25. The van der Waals surface area contributed by atoms with Crippen molar-refractivity contribution in [2.24, 2.45) is 0 Å². The van der Waals surface area contributed by atoms with E-state index in [1.807, 2.05) is 0 Å². The van der Waals surface area contributed by atoms with Crippen LogP contribution < -0.4 is 0 Å². The van der Waals surface area contributed by atoms with Crippen LogP contribution in [0, 0.1) is 0 Å². The Morgan fingerprint density at radius 2 is 1.35 bits per heavy atom. The number of hydrogen-bond donors (Lipinski definition) is 0. The number of benzene rings is 2. The van der Waals surface area contributed by atoms with Gasteiger partial charge in [-0.05, 0) is 13.0 Å². The van der Waals surface area contributed by atoms with Crippen molar-refractivity contribution in [3.8, 4) is 0 Å². The predicted molar refractivity (Wildman–Crippen MR) is 112 cm³/mol. The van der Waals surface area contributed by atoms with E-state index in [0.717, 1.165) is 0 Å². The van der Waals surface area contributed by atoms with E-state index in [2.05, 4.69) is 0 Å². The first-order valence-corrected chi connectivity index (χ1v) is 10.1. The maximum absolute atomic E-state index is 12.8. The molecule has 0 aromatic heterocycles. The van der Waals surface area contributed by atoms with Gasteiger partial charge >= 0.3 is 12.1 Å². The van der Waals surface area contributed by atoms with Crippen LogP contribution in [-0.4, -0.2) is 72.9 Å². The number of esters is 1. The van der Waals surface area contributed by atoms with Crippen LogP contribution in [0.15, 0.2) is 54.6 Å². The second-order valence-electron chi connectivity index (χ2n) is 6.88. The molecule has 2 amide bonds. The minimum Gasteiger partial charge on any atom is -0.452 e. The van der Waals surface area contributed by atoms with E-state index in [-0.39, 0.29) is 22.8 Å². The van der Waals surface area contributed by atoms with Crippen LogP contribution in [0.4, 0.5) is 4.79 Å². The van der Waals surface area contributed by atoms with Crippen LogP contribution in [0.3, 0.4) is 0 Å². The van der Waals surface area contributed by atoms with Gasteiger partial charge in [0.2, 0.25) is 0 Å². The molecule has 0 aliphatic carbocycles. The Morgan fingerprint density at radius 3 is 2.00 bits per heavy atom. The average Bonchev–Trinajstić information content (AvgIpc) is 2.82. The zero-order valence-electron chi connectivity index (χ0n) is 17.3. The molecular weight excluding hydrogens is 400 g/mol. The molecule has 2 aromatic rings. The smallest absolute Gasteiger partial charge is 0.409 e. The Labute approximate surface area is 180 Å². The number of ketones is 1. The van der Waals surface area contributed by atoms with E-state index in [0.29, 0.717) is 38.3 Å². The van der Waals surface area contributed by atoms with Gasteiger partial charge in [-0.3, -0.25) is 9.59 Å². The zero-order chi connectivity index (χ0) is 22.2. The van der Waals surface area contributed by atoms with E-state index in [4.69, 9.17) is 9.47 Å². The molecule has 0 unspecified atom stereocenters. The molecule has 1 heterocycles. The summed E-state index contributed by atoms with van der Waals surface area (Å²) in [4.78, 5) is 52.6. The first-order chi connectivity index (χ1) is 15.0. The standard InChI is InChI=1S/C23H24N2O6/c1-2-30-23(29)25-14-12-24(13-15-25)20(26)16-31-22(28)19-11-7-6-10-18(19)21(27)17-8-4-3-5-9-17/h3-11H,2,12-16H2,1H3. The summed E-state index contributed by atoms with van der Waals surface area (Å²) in [6.45, 7) is 2.96. The van der Waals surface area contributed by atoms with Crippen LogP contribution in [0.2, 0.25) is 0 Å². The summed E-state index contributed by atoms with van der Waals surface area (Å²) in [6, 6.07) is 15.0. The fraction of sp³-hybridized carbons (Fsp3) is 0.304. The van der Waals surface area contributed by atoms with Crippen LogP contribution in [0.1, 0.15) is 33.2 Å². The van der Waals surface area contributed by atoms with Gasteiger partial charge in [0.1, 0.15) is 0 Å². The van der Waals surface area contributed by atoms with E-state index in [1.54, 1.807) is 55.5 Å². The lowest BCUT2D eigenvalue weighted by molar-refractivity contribution is -0.136. The number of ether oxygens (including phenoxy) is 2. The second-order valence-corrected chi connectivity index (χ2v) is 6.88. The lowest BCUT2D eigenvalue weighted by Crippen LogP contribution is -2.51. The topological polar surface area (TPSA) is 93.2 Å². The first-order valence-electron chi connectivity index (χ1n) is 10.1. The van der Waals surface area contributed by atoms with Crippen molar-refractivity contribution in [2.75, 3.05) is 39.4 Å². The van der Waals surface area contributed by atoms with Gasteiger partial charge in [-0.15, -0.1) is 0 Å². The van der Waals surface area contributed by atoms with Crippen molar-refractivity contribution >= 4 is 23.8 Å². The Hall–Kier alpha value is -3.68. The quantitative estimate of drug-likeness (QED) is 0.522. The predicted octanol–water partition coefficient (Wildman–Crippen LogP) is 2.38. The molecule has 162 valence electrons. The molecule has 0 saturated carbocycles. The van der Waals surface area contributed by atoms with Crippen molar-refractivity contribution in [1.82, 2.24) is 9.80 Å². The summed E-state index contributed by atoms with van der Waals surface area (Å²) < 4.78 is 10.1. The Bertz CT molecular complexity index is 952. The van der Waals surface area contributed by atoms with Crippen LogP contribution in [-0.2, 0) is 14.3 Å². The Morgan fingerprint density at radius 1 is 0.774 bits per heavy atom. The third-order valence-corrected chi connectivity index (χ3v) is 4.91. The van der Waals surface area contributed by atoms with Gasteiger partial charge < -0.3 is 19.3 Å². The highest BCUT2D eigenvalue weighted by Crippen LogP contribution is 2.16. The van der Waals surface area contributed by atoms with E-state index in [1.165, 1.54) is 15.9 Å². The summed E-state index contributed by atoms with van der Waals surface area (Å²) in [5, 5.41) is 0. The number of carbonyl (C=O) groups excluding carboxylic acids is 4. The summed E-state index contributed by atoms with van der Waals surface area (Å²) in [5.41, 5.74) is 0.781. The second kappa shape index (κ2) is 10.4. The SMILES string of the molecule is CCOC(=O)N1CCN(C(=O)COC(=O)c2ccccc2C(=O)c2ccccc2)CC1. The highest BCUT2D eigenvalue weighted by atomic mass is 16.6. The molecule has 3 rings (SSSR count). The molecule has 8 heteroatoms. The summed E-state index contributed by atoms with van der Waals surface area (Å²) in [6.07, 6.45) is -0.402. The van der Waals surface area contributed by atoms with Gasteiger partial charge in [0, 0.05) is 37.3 Å². The van der Waals surface area contributed by atoms with Gasteiger partial charge in [-0.1, -0.05) is 48.5 Å². The van der Waals surface area contributed by atoms with Crippen molar-refractivity contribution in [1.29, 1.82) is 0 Å². The average molecular weight is 424 g/mol. The number of hydrogen-bond acceptors (Lipinski definition) is 6. The monoisotopic (exact) mass is 424 g/mol. The summed E-state index contributed by atoms with van der Waals surface area (Å²) >= 11 is 0. The molecule has 0 N–H and O–H groups in total. The van der Waals surface area contributed by atoms with Gasteiger partial charge in [0.15, 0.2) is 12.4 Å². The number of nitrogens with zero attached hydrogens (tertiary/aromatic N) is 2. The fourth-order valence-electron chi connectivity index (χ4n) is 3.25. The molecule has 0 atom stereocenters. The van der Waals surface area contributed by atoms with Crippen molar-refractivity contribution in [3.05, 3.63) is 71.3 Å². The van der Waals surface area contributed by atoms with Crippen LogP contribution in [0.5, 0.6) is 0 Å². The first kappa shape index (κ1) is 22.0. The molecule has 0 radical (unpaired) electrons. The molecule has 1 aliphatic heterocycles. The number of carbonyl (C=O) groups is 4. The van der Waals surface area contributed by atoms with E-state index < -0.39 is 18.7 Å². The third-order valence-electron chi connectivity index (χ3n) is 4.91. The van der Waals surface area contributed by atoms with Crippen LogP contribution >= 0.6 is 0 Å². The molecular formula is C23H24N2O6. The van der Waals surface area contributed by atoms with E-state index in [9.17, 15) is 19.2 Å². The number of rotatable bonds is 6. The molecule has 0 bridgehead atoms. The molecule has 1 fully saturated rings. The van der Waals surface area contributed by atoms with Crippen LogP contribution in [0.25, 0.3) is 0 Å². The van der Waals surface area contributed by atoms with Gasteiger partial charge in [-0.25, -0.2) is 9.59 Å². The lowest BCUT2D eigenvalue weighted by Gasteiger charge is -2.33. The normalized spacial score (nSPS) is 13.5. The van der Waals surface area contributed by atoms with Gasteiger partial charge in [0.05, 0.1) is 12.2 Å². The number of amides is 2. The van der Waals surface area contributed by atoms with Crippen molar-refractivity contribution in [2.45, 2.75) is 6.92 Å². The van der Waals surface area contributed by atoms with Gasteiger partial charge in [-0.2, -0.15) is 0 Å². The third kappa shape index (κ3) is 5.48. The molecule has 1 saturated heterocycles. The molecule has 1 aliphatic rings.